The number of benzene rings is 13. The van der Waals surface area contributed by atoms with Crippen LogP contribution in [0, 0.1) is 0 Å². The summed E-state index contributed by atoms with van der Waals surface area (Å²) in [6, 6.07) is 101. The standard InChI is InChI=1S/C86H62N4S2/c1-85(2,3)53-33-39-71-67(45-53)81-73(87(69-29-17-13-25-57(69)51-21-9-7-10-22-51)55-35-43-79-65(47-55)59-27-15-19-31-77(59)91-79)41-37-61-63-50-76-64(49-75(63)89(71)83(61)81)62-38-42-74(82-68-46-54(86(4,5)6)34-40-72(68)90(76)84(62)82)88(70-30-18-14-26-58(70)52-23-11-8-12-24-52)56-36-44-80-66(48-56)60-28-16-20-32-78(60)92-80/h7-50H,1-6H3. The zero-order chi connectivity index (χ0) is 61.5. The number of para-hydroxylation sites is 2. The van der Waals surface area contributed by atoms with Crippen LogP contribution >= 0.6 is 22.7 Å². The fourth-order valence-electron chi connectivity index (χ4n) is 15.5. The van der Waals surface area contributed by atoms with Gasteiger partial charge >= 0.3 is 0 Å². The van der Waals surface area contributed by atoms with Gasteiger partial charge in [-0.2, -0.15) is 0 Å². The van der Waals surface area contributed by atoms with Gasteiger partial charge in [-0.1, -0.05) is 199 Å². The lowest BCUT2D eigenvalue weighted by Crippen LogP contribution is -2.12. The lowest BCUT2D eigenvalue weighted by atomic mass is 9.86. The van der Waals surface area contributed by atoms with Crippen molar-refractivity contribution in [3.8, 4) is 22.3 Å². The summed E-state index contributed by atoms with van der Waals surface area (Å²) in [6.07, 6.45) is 0. The second kappa shape index (κ2) is 19.5. The molecule has 0 aliphatic heterocycles. The molecule has 438 valence electrons. The van der Waals surface area contributed by atoms with Gasteiger partial charge in [0.05, 0.1) is 55.8 Å². The average Bonchev–Trinajstić information content (AvgIpc) is 1.51. The average molecular weight is 1220 g/mol. The molecule has 6 heterocycles. The number of anilines is 6. The highest BCUT2D eigenvalue weighted by atomic mass is 32.1. The third kappa shape index (κ3) is 7.75. The summed E-state index contributed by atoms with van der Waals surface area (Å²) < 4.78 is 10.4. The van der Waals surface area contributed by atoms with E-state index in [1.165, 1.54) is 150 Å². The Labute approximate surface area is 541 Å². The van der Waals surface area contributed by atoms with E-state index in [1.54, 1.807) is 0 Å². The van der Waals surface area contributed by atoms with E-state index in [9.17, 15) is 0 Å². The normalized spacial score (nSPS) is 12.7. The predicted octanol–water partition coefficient (Wildman–Crippen LogP) is 25.6. The van der Waals surface area contributed by atoms with Crippen LogP contribution in [0.2, 0.25) is 0 Å². The van der Waals surface area contributed by atoms with Crippen molar-refractivity contribution < 1.29 is 0 Å². The monoisotopic (exact) mass is 1210 g/mol. The van der Waals surface area contributed by atoms with Crippen molar-refractivity contribution >= 4 is 173 Å². The van der Waals surface area contributed by atoms with Crippen molar-refractivity contribution in [1.82, 2.24) is 8.80 Å². The van der Waals surface area contributed by atoms with Gasteiger partial charge in [0, 0.05) is 106 Å². The van der Waals surface area contributed by atoms with Crippen molar-refractivity contribution in [1.29, 1.82) is 0 Å². The Balaban J connectivity index is 0.911. The van der Waals surface area contributed by atoms with E-state index >= 15 is 0 Å². The minimum Gasteiger partial charge on any atom is -0.309 e. The molecule has 0 saturated carbocycles. The summed E-state index contributed by atoms with van der Waals surface area (Å²) in [5, 5.41) is 15.1. The van der Waals surface area contributed by atoms with Gasteiger partial charge < -0.3 is 18.6 Å². The van der Waals surface area contributed by atoms with Gasteiger partial charge in [0.1, 0.15) is 0 Å². The van der Waals surface area contributed by atoms with Crippen LogP contribution in [-0.2, 0) is 10.8 Å². The van der Waals surface area contributed by atoms with E-state index in [1.807, 2.05) is 22.7 Å². The minimum absolute atomic E-state index is 0.0838. The molecule has 0 unspecified atom stereocenters. The van der Waals surface area contributed by atoms with Crippen LogP contribution in [0.25, 0.3) is 139 Å². The van der Waals surface area contributed by atoms with Gasteiger partial charge in [-0.3, -0.25) is 0 Å². The highest BCUT2D eigenvalue weighted by molar-refractivity contribution is 7.26. The SMILES string of the molecule is CC(C)(C)c1ccc2c(c1)c1c(N(c3ccc4sc5ccccc5c4c3)c3ccccc3-c3ccccc3)ccc3c4cc5c(cc4n2c31)c1ccc(N(c2ccc3sc4ccccc4c3c2)c2ccccc2-c2ccccc2)c2c3cc(C(C)(C)C)ccc3n5c12. The quantitative estimate of drug-likeness (QED) is 0.151. The van der Waals surface area contributed by atoms with E-state index in [0.29, 0.717) is 0 Å². The van der Waals surface area contributed by atoms with Crippen LogP contribution in [-0.4, -0.2) is 8.80 Å². The summed E-state index contributed by atoms with van der Waals surface area (Å²) in [5.41, 5.74) is 21.3. The summed E-state index contributed by atoms with van der Waals surface area (Å²) in [5.74, 6) is 0. The summed E-state index contributed by atoms with van der Waals surface area (Å²) in [7, 11) is 0. The third-order valence-corrected chi connectivity index (χ3v) is 22.2. The first-order valence-electron chi connectivity index (χ1n) is 32.1. The van der Waals surface area contributed by atoms with Crippen LogP contribution in [0.15, 0.2) is 267 Å². The van der Waals surface area contributed by atoms with Crippen molar-refractivity contribution in [2.24, 2.45) is 0 Å². The fourth-order valence-corrected chi connectivity index (χ4v) is 17.6. The molecular weight excluding hydrogens is 1150 g/mol. The Hall–Kier alpha value is -10.5. The lowest BCUT2D eigenvalue weighted by Gasteiger charge is -2.29. The fraction of sp³-hybridized carbons (Fsp3) is 0.0930. The van der Waals surface area contributed by atoms with Crippen molar-refractivity contribution in [2.45, 2.75) is 52.4 Å². The van der Waals surface area contributed by atoms with E-state index in [-0.39, 0.29) is 10.8 Å². The number of hydrogen-bond donors (Lipinski definition) is 0. The van der Waals surface area contributed by atoms with Gasteiger partial charge in [0.15, 0.2) is 0 Å². The van der Waals surface area contributed by atoms with Gasteiger partial charge in [0.25, 0.3) is 0 Å². The first kappa shape index (κ1) is 53.3. The van der Waals surface area contributed by atoms with Gasteiger partial charge in [0.2, 0.25) is 0 Å². The molecule has 6 aromatic heterocycles. The molecule has 0 radical (unpaired) electrons. The van der Waals surface area contributed by atoms with Crippen LogP contribution in [0.1, 0.15) is 52.7 Å². The topological polar surface area (TPSA) is 15.3 Å². The highest BCUT2D eigenvalue weighted by Gasteiger charge is 2.31. The molecule has 0 saturated heterocycles. The van der Waals surface area contributed by atoms with Gasteiger partial charge in [-0.15, -0.1) is 22.7 Å². The molecular formula is C86H62N4S2. The molecule has 4 nitrogen and oxygen atoms in total. The van der Waals surface area contributed by atoms with Crippen LogP contribution in [0.3, 0.4) is 0 Å². The Morgan fingerprint density at radius 1 is 0.272 bits per heavy atom. The number of thiophene rings is 2. The van der Waals surface area contributed by atoms with Crippen molar-refractivity contribution in [3.05, 3.63) is 278 Å². The van der Waals surface area contributed by atoms with E-state index < -0.39 is 0 Å². The number of rotatable bonds is 8. The molecule has 0 amide bonds. The molecule has 92 heavy (non-hydrogen) atoms. The zero-order valence-corrected chi connectivity index (χ0v) is 53.6. The largest absolute Gasteiger partial charge is 0.309 e. The highest BCUT2D eigenvalue weighted by Crippen LogP contribution is 2.55. The van der Waals surface area contributed by atoms with Crippen molar-refractivity contribution in [2.75, 3.05) is 9.80 Å². The van der Waals surface area contributed by atoms with Crippen LogP contribution < -0.4 is 9.80 Å². The van der Waals surface area contributed by atoms with E-state index in [4.69, 9.17) is 0 Å². The molecule has 0 bridgehead atoms. The van der Waals surface area contributed by atoms with Crippen molar-refractivity contribution in [3.63, 3.8) is 0 Å². The maximum absolute atomic E-state index is 2.61. The van der Waals surface area contributed by atoms with E-state index in [0.717, 1.165) is 34.1 Å². The molecule has 6 heteroatoms. The second-order valence-corrected chi connectivity index (χ2v) is 29.4. The maximum Gasteiger partial charge on any atom is 0.0641 e. The molecule has 0 aliphatic carbocycles. The molecule has 0 spiro atoms. The molecule has 0 N–H and O–H groups in total. The summed E-state index contributed by atoms with van der Waals surface area (Å²) in [4.78, 5) is 5.13. The second-order valence-electron chi connectivity index (χ2n) is 27.2. The smallest absolute Gasteiger partial charge is 0.0641 e. The molecule has 19 aromatic rings. The maximum atomic E-state index is 2.61. The minimum atomic E-state index is -0.0838. The Morgan fingerprint density at radius 3 is 1.10 bits per heavy atom. The van der Waals surface area contributed by atoms with E-state index in [2.05, 4.69) is 327 Å². The van der Waals surface area contributed by atoms with Gasteiger partial charge in [-0.05, 0) is 142 Å². The first-order valence-corrected chi connectivity index (χ1v) is 33.7. The zero-order valence-electron chi connectivity index (χ0n) is 52.0. The molecule has 13 aromatic carbocycles. The predicted molar refractivity (Wildman–Crippen MR) is 399 cm³/mol. The first-order chi connectivity index (χ1) is 44.9. The number of aromatic nitrogens is 2. The molecule has 19 rings (SSSR count). The molecule has 0 fully saturated rings. The summed E-state index contributed by atoms with van der Waals surface area (Å²) >= 11 is 3.74. The molecule has 0 atom stereocenters. The molecule has 0 aliphatic rings. The number of hydrogen-bond acceptors (Lipinski definition) is 4. The Bertz CT molecular complexity index is 5840. The number of nitrogens with zero attached hydrogens (tertiary/aromatic N) is 4. The van der Waals surface area contributed by atoms with Crippen LogP contribution in [0.4, 0.5) is 34.1 Å². The number of fused-ring (bicyclic) bond motifs is 18. The van der Waals surface area contributed by atoms with Gasteiger partial charge in [-0.25, -0.2) is 0 Å². The third-order valence-electron chi connectivity index (χ3n) is 19.9. The lowest BCUT2D eigenvalue weighted by molar-refractivity contribution is 0.591. The Morgan fingerprint density at radius 2 is 0.663 bits per heavy atom. The summed E-state index contributed by atoms with van der Waals surface area (Å²) in [6.45, 7) is 14.0. The van der Waals surface area contributed by atoms with Crippen LogP contribution in [0.5, 0.6) is 0 Å². The Kier molecular flexibility index (Phi) is 11.3.